The number of hydrogen-bond acceptors (Lipinski definition) is 15. The van der Waals surface area contributed by atoms with E-state index >= 15 is 0 Å². The fraction of sp³-hybridized carbons (Fsp3) is 0.800. The third-order valence-corrected chi connectivity index (χ3v) is 5.07. The maximum absolute atomic E-state index is 11.8. The van der Waals surface area contributed by atoms with Crippen LogP contribution in [0.4, 0.5) is 0 Å². The normalized spacial score (nSPS) is 37.1. The average Bonchev–Trinajstić information content (AvgIpc) is 2.75. The lowest BCUT2D eigenvalue weighted by atomic mass is 9.96. The van der Waals surface area contributed by atoms with Crippen molar-refractivity contribution in [2.24, 2.45) is 0 Å². The summed E-state index contributed by atoms with van der Waals surface area (Å²) in [6.07, 6.45) is -16.2. The molecule has 2 saturated heterocycles. The lowest BCUT2D eigenvalue weighted by molar-refractivity contribution is -0.356. The standard InChI is InChI=1S/C20H30O15/c1-7(21)29-5-11-13(25)14(26)15(27)20(34-11)35-16-12(6-30-8(2)22)33-19(28)18(32-10(4)24)17(16)31-9(3)23/h11-20,25-28H,5-6H2,1-4H3/t11?,12?,13-,14?,15-,16+,17?,18-,19?,20-/m0/s1. The highest BCUT2D eigenvalue weighted by molar-refractivity contribution is 5.67. The van der Waals surface area contributed by atoms with Crippen LogP contribution in [0.5, 0.6) is 0 Å². The van der Waals surface area contributed by atoms with Gasteiger partial charge in [0.15, 0.2) is 24.8 Å². The van der Waals surface area contributed by atoms with Crippen LogP contribution in [0.2, 0.25) is 0 Å². The van der Waals surface area contributed by atoms with Crippen molar-refractivity contribution >= 4 is 23.9 Å². The first-order valence-corrected chi connectivity index (χ1v) is 10.6. The lowest BCUT2D eigenvalue weighted by Crippen LogP contribution is -2.65. The van der Waals surface area contributed by atoms with Crippen molar-refractivity contribution in [1.29, 1.82) is 0 Å². The first kappa shape index (κ1) is 28.8. The Morgan fingerprint density at radius 1 is 0.629 bits per heavy atom. The Morgan fingerprint density at radius 3 is 1.66 bits per heavy atom. The molecule has 2 aliphatic rings. The number of ether oxygens (including phenoxy) is 7. The first-order valence-electron chi connectivity index (χ1n) is 10.6. The van der Waals surface area contributed by atoms with Crippen molar-refractivity contribution in [2.45, 2.75) is 89.1 Å². The molecule has 0 aromatic heterocycles. The van der Waals surface area contributed by atoms with Gasteiger partial charge in [-0.15, -0.1) is 0 Å². The van der Waals surface area contributed by atoms with Gasteiger partial charge < -0.3 is 53.6 Å². The van der Waals surface area contributed by atoms with Crippen LogP contribution in [-0.2, 0) is 52.3 Å². The van der Waals surface area contributed by atoms with E-state index in [1.807, 2.05) is 0 Å². The van der Waals surface area contributed by atoms with E-state index in [0.29, 0.717) is 0 Å². The topological polar surface area (TPSA) is 214 Å². The quantitative estimate of drug-likeness (QED) is 0.188. The highest BCUT2D eigenvalue weighted by Gasteiger charge is 2.54. The molecule has 0 amide bonds. The van der Waals surface area contributed by atoms with Crippen molar-refractivity contribution in [1.82, 2.24) is 0 Å². The van der Waals surface area contributed by atoms with E-state index in [0.717, 1.165) is 27.7 Å². The predicted octanol–water partition coefficient (Wildman–Crippen LogP) is -3.11. The zero-order valence-corrected chi connectivity index (χ0v) is 19.5. The third kappa shape index (κ3) is 7.79. The molecule has 0 spiro atoms. The van der Waals surface area contributed by atoms with Gasteiger partial charge in [0, 0.05) is 27.7 Å². The maximum atomic E-state index is 11.8. The molecule has 0 aromatic rings. The van der Waals surface area contributed by atoms with Gasteiger partial charge in [-0.3, -0.25) is 19.2 Å². The molecule has 35 heavy (non-hydrogen) atoms. The summed E-state index contributed by atoms with van der Waals surface area (Å²) in [5.74, 6) is -3.15. The summed E-state index contributed by atoms with van der Waals surface area (Å²) in [4.78, 5) is 45.8. The second kappa shape index (κ2) is 12.5. The van der Waals surface area contributed by atoms with Crippen LogP contribution >= 0.6 is 0 Å². The van der Waals surface area contributed by atoms with Crippen LogP contribution in [-0.4, -0.2) is 119 Å². The van der Waals surface area contributed by atoms with Gasteiger partial charge in [-0.2, -0.15) is 0 Å². The SMILES string of the molecule is CC(=O)OCC1O[C@@H](O[C@@H]2C(COC(C)=O)OC(O)[C@@H](OC(C)=O)C2OC(C)=O)[C@@H](O)C(O)[C@H]1O. The van der Waals surface area contributed by atoms with E-state index in [1.54, 1.807) is 0 Å². The van der Waals surface area contributed by atoms with Crippen LogP contribution in [0.3, 0.4) is 0 Å². The van der Waals surface area contributed by atoms with Crippen molar-refractivity contribution in [3.05, 3.63) is 0 Å². The molecule has 2 rings (SSSR count). The maximum Gasteiger partial charge on any atom is 0.303 e. The van der Waals surface area contributed by atoms with Crippen LogP contribution in [0.15, 0.2) is 0 Å². The molecule has 0 aliphatic carbocycles. The zero-order chi connectivity index (χ0) is 26.4. The molecule has 10 atom stereocenters. The summed E-state index contributed by atoms with van der Waals surface area (Å²) in [5, 5.41) is 41.2. The Morgan fingerprint density at radius 2 is 1.14 bits per heavy atom. The first-order chi connectivity index (χ1) is 16.3. The third-order valence-electron chi connectivity index (χ3n) is 5.07. The second-order valence-electron chi connectivity index (χ2n) is 7.93. The molecule has 4 N–H and O–H groups in total. The molecule has 200 valence electrons. The van der Waals surface area contributed by atoms with Crippen molar-refractivity contribution < 1.29 is 72.8 Å². The number of aliphatic hydroxyl groups is 4. The van der Waals surface area contributed by atoms with Crippen molar-refractivity contribution in [2.75, 3.05) is 13.2 Å². The number of rotatable bonds is 8. The Kier molecular flexibility index (Phi) is 10.3. The van der Waals surface area contributed by atoms with Gasteiger partial charge in [0.05, 0.1) is 0 Å². The Hall–Kier alpha value is -2.40. The lowest BCUT2D eigenvalue weighted by Gasteiger charge is -2.46. The second-order valence-corrected chi connectivity index (χ2v) is 7.93. The van der Waals surface area contributed by atoms with Crippen molar-refractivity contribution in [3.63, 3.8) is 0 Å². The van der Waals surface area contributed by atoms with Gasteiger partial charge in [-0.25, -0.2) is 0 Å². The number of carbonyl (C=O) groups is 4. The summed E-state index contributed by atoms with van der Waals surface area (Å²) >= 11 is 0. The van der Waals surface area contributed by atoms with Crippen LogP contribution in [0, 0.1) is 0 Å². The molecule has 2 aliphatic heterocycles. The minimum Gasteiger partial charge on any atom is -0.463 e. The predicted molar refractivity (Wildman–Crippen MR) is 107 cm³/mol. The van der Waals surface area contributed by atoms with E-state index in [4.69, 9.17) is 33.2 Å². The van der Waals surface area contributed by atoms with E-state index in [9.17, 15) is 39.6 Å². The van der Waals surface area contributed by atoms with Crippen molar-refractivity contribution in [3.8, 4) is 0 Å². The highest BCUT2D eigenvalue weighted by atomic mass is 16.7. The van der Waals surface area contributed by atoms with E-state index < -0.39 is 98.5 Å². The van der Waals surface area contributed by atoms with E-state index in [1.165, 1.54) is 0 Å². The van der Waals surface area contributed by atoms with E-state index in [-0.39, 0.29) is 0 Å². The van der Waals surface area contributed by atoms with Crippen LogP contribution < -0.4 is 0 Å². The summed E-state index contributed by atoms with van der Waals surface area (Å²) in [5.41, 5.74) is 0. The molecule has 5 unspecified atom stereocenters. The van der Waals surface area contributed by atoms with Crippen LogP contribution in [0.1, 0.15) is 27.7 Å². The van der Waals surface area contributed by atoms with Crippen LogP contribution in [0.25, 0.3) is 0 Å². The number of carbonyl (C=O) groups excluding carboxylic acids is 4. The molecule has 0 radical (unpaired) electrons. The summed E-state index contributed by atoms with van der Waals surface area (Å²) in [7, 11) is 0. The minimum absolute atomic E-state index is 0.500. The van der Waals surface area contributed by atoms with Gasteiger partial charge in [0.25, 0.3) is 0 Å². The Labute approximate surface area is 199 Å². The minimum atomic E-state index is -1.86. The Balaban J connectivity index is 2.36. The van der Waals surface area contributed by atoms with Gasteiger partial charge in [-0.05, 0) is 0 Å². The molecule has 2 heterocycles. The fourth-order valence-electron chi connectivity index (χ4n) is 3.56. The summed E-state index contributed by atoms with van der Waals surface area (Å²) in [6, 6.07) is 0. The fourth-order valence-corrected chi connectivity index (χ4v) is 3.56. The smallest absolute Gasteiger partial charge is 0.303 e. The molecular formula is C20H30O15. The van der Waals surface area contributed by atoms with Gasteiger partial charge >= 0.3 is 23.9 Å². The summed E-state index contributed by atoms with van der Waals surface area (Å²) < 4.78 is 36.5. The molecular weight excluding hydrogens is 480 g/mol. The summed E-state index contributed by atoms with van der Waals surface area (Å²) in [6.45, 7) is 3.26. The zero-order valence-electron chi connectivity index (χ0n) is 19.5. The average molecular weight is 510 g/mol. The van der Waals surface area contributed by atoms with Gasteiger partial charge in [0.1, 0.15) is 49.8 Å². The monoisotopic (exact) mass is 510 g/mol. The molecule has 2 fully saturated rings. The Bertz CT molecular complexity index is 772. The van der Waals surface area contributed by atoms with Gasteiger partial charge in [-0.1, -0.05) is 0 Å². The molecule has 0 aromatic carbocycles. The number of aliphatic hydroxyl groups excluding tert-OH is 4. The van der Waals surface area contributed by atoms with Gasteiger partial charge in [0.2, 0.25) is 0 Å². The molecule has 15 heteroatoms. The highest BCUT2D eigenvalue weighted by Crippen LogP contribution is 2.32. The molecule has 0 saturated carbocycles. The molecule has 15 nitrogen and oxygen atoms in total. The number of hydrogen-bond donors (Lipinski definition) is 4. The largest absolute Gasteiger partial charge is 0.463 e. The number of esters is 4. The van der Waals surface area contributed by atoms with E-state index in [2.05, 4.69) is 0 Å². The molecule has 0 bridgehead atoms.